The maximum absolute atomic E-state index is 4.25. The van der Waals surface area contributed by atoms with E-state index in [1.54, 1.807) is 5.12 Å². The Morgan fingerprint density at radius 1 is 1.21 bits per heavy atom. The summed E-state index contributed by atoms with van der Waals surface area (Å²) in [7, 11) is 1.91. The van der Waals surface area contributed by atoms with Gasteiger partial charge in [-0.3, -0.25) is 5.43 Å². The normalized spacial score (nSPS) is 18.9. The van der Waals surface area contributed by atoms with Crippen molar-refractivity contribution in [3.8, 4) is 0 Å². The van der Waals surface area contributed by atoms with Crippen LogP contribution in [0.15, 0.2) is 5.10 Å². The molecule has 0 fully saturated rings. The van der Waals surface area contributed by atoms with Gasteiger partial charge in [-0.15, -0.1) is 10.2 Å². The monoisotopic (exact) mass is 198 g/mol. The highest BCUT2D eigenvalue weighted by Gasteiger charge is 2.33. The highest BCUT2D eigenvalue weighted by atomic mass is 15.9. The molecule has 0 aromatic heterocycles. The van der Waals surface area contributed by atoms with Gasteiger partial charge < -0.3 is 0 Å². The molecule has 1 rings (SSSR count). The molecular weight excluding hydrogens is 176 g/mol. The Morgan fingerprint density at radius 2 is 1.79 bits per heavy atom. The Labute approximate surface area is 86.7 Å². The van der Waals surface area contributed by atoms with Crippen molar-refractivity contribution in [2.75, 3.05) is 7.05 Å². The first-order chi connectivity index (χ1) is 6.21. The van der Waals surface area contributed by atoms with Crippen molar-refractivity contribution in [2.24, 2.45) is 15.9 Å². The van der Waals surface area contributed by atoms with Crippen molar-refractivity contribution in [1.29, 1.82) is 0 Å². The lowest BCUT2D eigenvalue weighted by Gasteiger charge is -2.32. The van der Waals surface area contributed by atoms with E-state index in [1.165, 1.54) is 0 Å². The average Bonchev–Trinajstić information content (AvgIpc) is 2.29. The molecule has 4 heteroatoms. The van der Waals surface area contributed by atoms with Gasteiger partial charge in [0.1, 0.15) is 5.84 Å². The van der Waals surface area contributed by atoms with Crippen LogP contribution in [0.1, 0.15) is 41.0 Å². The zero-order valence-corrected chi connectivity index (χ0v) is 10.1. The van der Waals surface area contributed by atoms with Gasteiger partial charge in [-0.25, -0.2) is 5.53 Å². The number of hydrogen-bond donors (Lipinski definition) is 2. The molecule has 0 aromatic carbocycles. The lowest BCUT2D eigenvalue weighted by atomic mass is 9.75. The standard InChI is InChI=1S/C10H22N4/c1-9(2,3)7-10(4,5)8-11-13-14(6)12-8/h13H,7H2,1-6H3,(H,11,12). The fraction of sp³-hybridized carbons (Fsp3) is 0.900. The maximum atomic E-state index is 4.25. The lowest BCUT2D eigenvalue weighted by molar-refractivity contribution is 0.220. The van der Waals surface area contributed by atoms with Crippen LogP contribution in [0.5, 0.6) is 0 Å². The molecule has 0 aliphatic carbocycles. The third-order valence-corrected chi connectivity index (χ3v) is 2.20. The molecule has 82 valence electrons. The van der Waals surface area contributed by atoms with Crippen molar-refractivity contribution >= 4 is 5.84 Å². The molecule has 4 nitrogen and oxygen atoms in total. The summed E-state index contributed by atoms with van der Waals surface area (Å²) in [4.78, 5) is 0. The Hall–Kier alpha value is -0.770. The zero-order valence-electron chi connectivity index (χ0n) is 10.1. The maximum Gasteiger partial charge on any atom is 0.145 e. The van der Waals surface area contributed by atoms with Crippen molar-refractivity contribution in [3.63, 3.8) is 0 Å². The summed E-state index contributed by atoms with van der Waals surface area (Å²) in [6, 6.07) is 0. The molecule has 0 bridgehead atoms. The van der Waals surface area contributed by atoms with Gasteiger partial charge in [0.2, 0.25) is 0 Å². The molecule has 1 aliphatic heterocycles. The van der Waals surface area contributed by atoms with E-state index >= 15 is 0 Å². The lowest BCUT2D eigenvalue weighted by Crippen LogP contribution is -2.43. The molecule has 1 heterocycles. The molecule has 0 amide bonds. The molecule has 0 atom stereocenters. The van der Waals surface area contributed by atoms with Crippen molar-refractivity contribution in [2.45, 2.75) is 41.0 Å². The van der Waals surface area contributed by atoms with Crippen LogP contribution in [-0.2, 0) is 0 Å². The Balaban J connectivity index is 2.66. The molecule has 0 unspecified atom stereocenters. The second-order valence-electron chi connectivity index (χ2n) is 5.85. The van der Waals surface area contributed by atoms with Gasteiger partial charge in [0, 0.05) is 12.5 Å². The van der Waals surface area contributed by atoms with E-state index in [0.29, 0.717) is 5.41 Å². The fourth-order valence-electron chi connectivity index (χ4n) is 2.05. The first-order valence-corrected chi connectivity index (χ1v) is 5.05. The van der Waals surface area contributed by atoms with Crippen molar-refractivity contribution < 1.29 is 0 Å². The molecular formula is C10H22N4. The Kier molecular flexibility index (Phi) is 2.76. The summed E-state index contributed by atoms with van der Waals surface area (Å²) in [5.41, 5.74) is 6.45. The van der Waals surface area contributed by atoms with Crippen LogP contribution in [0.3, 0.4) is 0 Å². The number of hydrogen-bond acceptors (Lipinski definition) is 4. The first-order valence-electron chi connectivity index (χ1n) is 5.05. The molecule has 14 heavy (non-hydrogen) atoms. The predicted octanol–water partition coefficient (Wildman–Crippen LogP) is 1.72. The van der Waals surface area contributed by atoms with Crippen LogP contribution >= 0.6 is 0 Å². The summed E-state index contributed by atoms with van der Waals surface area (Å²) in [6.45, 7) is 11.2. The SMILES string of the molecule is CN1NN=C(C(C)(C)CC(C)(C)C)N1. The second-order valence-corrected chi connectivity index (χ2v) is 5.85. The number of amidine groups is 1. The highest BCUT2D eigenvalue weighted by molar-refractivity contribution is 5.87. The van der Waals surface area contributed by atoms with Crippen LogP contribution in [0.2, 0.25) is 0 Å². The third kappa shape index (κ3) is 2.87. The number of nitrogens with one attached hydrogen (secondary N) is 2. The first kappa shape index (κ1) is 11.3. The minimum absolute atomic E-state index is 0.0794. The second kappa shape index (κ2) is 3.42. The van der Waals surface area contributed by atoms with Crippen LogP contribution in [0.4, 0.5) is 0 Å². The topological polar surface area (TPSA) is 39.7 Å². The van der Waals surface area contributed by atoms with E-state index in [4.69, 9.17) is 0 Å². The van der Waals surface area contributed by atoms with Gasteiger partial charge in [0.15, 0.2) is 0 Å². The van der Waals surface area contributed by atoms with Crippen LogP contribution in [0.25, 0.3) is 0 Å². The molecule has 1 aliphatic rings. The van der Waals surface area contributed by atoms with E-state index in [2.05, 4.69) is 50.7 Å². The summed E-state index contributed by atoms with van der Waals surface area (Å²) in [5.74, 6) is 1.01. The molecule has 0 saturated heterocycles. The number of hydrazine groups is 2. The van der Waals surface area contributed by atoms with E-state index in [-0.39, 0.29) is 5.41 Å². The van der Waals surface area contributed by atoms with Gasteiger partial charge >= 0.3 is 0 Å². The van der Waals surface area contributed by atoms with E-state index in [1.807, 2.05) is 7.05 Å². The van der Waals surface area contributed by atoms with Gasteiger partial charge in [0.25, 0.3) is 0 Å². The van der Waals surface area contributed by atoms with E-state index in [9.17, 15) is 0 Å². The summed E-state index contributed by atoms with van der Waals surface area (Å²) < 4.78 is 0. The summed E-state index contributed by atoms with van der Waals surface area (Å²) >= 11 is 0. The van der Waals surface area contributed by atoms with E-state index < -0.39 is 0 Å². The minimum atomic E-state index is 0.0794. The van der Waals surface area contributed by atoms with Gasteiger partial charge in [-0.1, -0.05) is 34.6 Å². The molecule has 0 radical (unpaired) electrons. The zero-order chi connectivity index (χ0) is 11.0. The van der Waals surface area contributed by atoms with Gasteiger partial charge in [0.05, 0.1) is 0 Å². The summed E-state index contributed by atoms with van der Waals surface area (Å²) in [5, 5.41) is 6.02. The van der Waals surface area contributed by atoms with Crippen molar-refractivity contribution in [1.82, 2.24) is 16.1 Å². The molecule has 0 spiro atoms. The third-order valence-electron chi connectivity index (χ3n) is 2.20. The Morgan fingerprint density at radius 3 is 2.14 bits per heavy atom. The number of hydrazone groups is 1. The van der Waals surface area contributed by atoms with Crippen LogP contribution in [-0.4, -0.2) is 18.0 Å². The largest absolute Gasteiger partial charge is 0.286 e. The van der Waals surface area contributed by atoms with Gasteiger partial charge in [-0.2, -0.15) is 0 Å². The quantitative estimate of drug-likeness (QED) is 0.709. The molecule has 2 N–H and O–H groups in total. The predicted molar refractivity (Wildman–Crippen MR) is 59.3 cm³/mol. The summed E-state index contributed by atoms with van der Waals surface area (Å²) in [6.07, 6.45) is 1.10. The van der Waals surface area contributed by atoms with Crippen molar-refractivity contribution in [3.05, 3.63) is 0 Å². The smallest absolute Gasteiger partial charge is 0.145 e. The fourth-order valence-corrected chi connectivity index (χ4v) is 2.05. The Bertz CT molecular complexity index is 237. The van der Waals surface area contributed by atoms with Crippen LogP contribution < -0.4 is 11.0 Å². The molecule has 0 aromatic rings. The van der Waals surface area contributed by atoms with Gasteiger partial charge in [-0.05, 0) is 11.8 Å². The van der Waals surface area contributed by atoms with E-state index in [0.717, 1.165) is 12.3 Å². The minimum Gasteiger partial charge on any atom is -0.286 e. The number of nitrogens with zero attached hydrogens (tertiary/aromatic N) is 2. The average molecular weight is 198 g/mol. The molecule has 0 saturated carbocycles. The van der Waals surface area contributed by atoms with Crippen LogP contribution in [0, 0.1) is 10.8 Å². The highest BCUT2D eigenvalue weighted by Crippen LogP contribution is 2.34. The number of rotatable bonds is 2.